The molecule has 0 aromatic heterocycles. The molecule has 0 aliphatic rings. The zero-order valence-corrected chi connectivity index (χ0v) is 10.5. The van der Waals surface area contributed by atoms with Gasteiger partial charge in [0.05, 0.1) is 21.3 Å². The molecule has 96 valence electrons. The molecule has 0 aliphatic heterocycles. The number of rotatable bonds is 5. The molecule has 0 heterocycles. The standard InChI is InChI=1S/C12H18FNO3/c1-12(13,7-14)8-5-10(16-3)11(17-4)6-9(8)15-2/h5-6H,7,14H2,1-4H3. The number of hydrogen-bond acceptors (Lipinski definition) is 4. The summed E-state index contributed by atoms with van der Waals surface area (Å²) in [6, 6.07) is 3.13. The van der Waals surface area contributed by atoms with Gasteiger partial charge in [0.2, 0.25) is 0 Å². The van der Waals surface area contributed by atoms with Crippen LogP contribution in [0.2, 0.25) is 0 Å². The Labute approximate surface area is 100 Å². The molecule has 1 atom stereocenters. The molecule has 0 bridgehead atoms. The second kappa shape index (κ2) is 5.23. The van der Waals surface area contributed by atoms with Gasteiger partial charge < -0.3 is 19.9 Å². The van der Waals surface area contributed by atoms with Crippen LogP contribution in [0.5, 0.6) is 17.2 Å². The van der Waals surface area contributed by atoms with Crippen molar-refractivity contribution in [3.8, 4) is 17.2 Å². The lowest BCUT2D eigenvalue weighted by atomic mass is 9.96. The van der Waals surface area contributed by atoms with Gasteiger partial charge in [-0.3, -0.25) is 0 Å². The van der Waals surface area contributed by atoms with Crippen LogP contribution in [0.15, 0.2) is 12.1 Å². The summed E-state index contributed by atoms with van der Waals surface area (Å²) in [5.74, 6) is 1.32. The molecule has 0 radical (unpaired) electrons. The Kier molecular flexibility index (Phi) is 4.17. The van der Waals surface area contributed by atoms with Crippen LogP contribution in [0.25, 0.3) is 0 Å². The fourth-order valence-corrected chi connectivity index (χ4v) is 1.55. The Balaban J connectivity index is 3.38. The summed E-state index contributed by atoms with van der Waals surface area (Å²) in [7, 11) is 4.47. The van der Waals surface area contributed by atoms with Gasteiger partial charge in [-0.2, -0.15) is 0 Å². The maximum Gasteiger partial charge on any atom is 0.164 e. The van der Waals surface area contributed by atoms with Gasteiger partial charge in [-0.25, -0.2) is 4.39 Å². The summed E-state index contributed by atoms with van der Waals surface area (Å²) in [4.78, 5) is 0. The summed E-state index contributed by atoms with van der Waals surface area (Å²) in [6.07, 6.45) is 0. The molecule has 0 amide bonds. The Hall–Kier alpha value is -1.49. The fourth-order valence-electron chi connectivity index (χ4n) is 1.55. The molecule has 1 unspecified atom stereocenters. The topological polar surface area (TPSA) is 53.7 Å². The fraction of sp³-hybridized carbons (Fsp3) is 0.500. The monoisotopic (exact) mass is 243 g/mol. The predicted octanol–water partition coefficient (Wildman–Crippen LogP) is 1.86. The third-order valence-corrected chi connectivity index (χ3v) is 2.65. The van der Waals surface area contributed by atoms with E-state index in [1.807, 2.05) is 0 Å². The quantitative estimate of drug-likeness (QED) is 0.857. The van der Waals surface area contributed by atoms with Crippen molar-refractivity contribution in [3.63, 3.8) is 0 Å². The molecule has 1 aromatic carbocycles. The van der Waals surface area contributed by atoms with E-state index in [9.17, 15) is 4.39 Å². The minimum atomic E-state index is -1.68. The van der Waals surface area contributed by atoms with Crippen LogP contribution in [0.1, 0.15) is 12.5 Å². The molecule has 5 heteroatoms. The number of hydrogen-bond donors (Lipinski definition) is 1. The lowest BCUT2D eigenvalue weighted by molar-refractivity contribution is 0.195. The summed E-state index contributed by atoms with van der Waals surface area (Å²) in [6.45, 7) is 1.26. The molecule has 4 nitrogen and oxygen atoms in total. The van der Waals surface area contributed by atoms with Crippen LogP contribution in [-0.4, -0.2) is 27.9 Å². The molecule has 0 saturated heterocycles. The summed E-state index contributed by atoms with van der Waals surface area (Å²) in [5.41, 5.74) is 4.09. The van der Waals surface area contributed by atoms with E-state index < -0.39 is 5.67 Å². The van der Waals surface area contributed by atoms with E-state index in [4.69, 9.17) is 19.9 Å². The van der Waals surface area contributed by atoms with Gasteiger partial charge in [-0.1, -0.05) is 0 Å². The van der Waals surface area contributed by atoms with Gasteiger partial charge in [0.25, 0.3) is 0 Å². The van der Waals surface area contributed by atoms with Crippen molar-refractivity contribution in [2.24, 2.45) is 5.73 Å². The van der Waals surface area contributed by atoms with Crippen molar-refractivity contribution < 1.29 is 18.6 Å². The lowest BCUT2D eigenvalue weighted by Gasteiger charge is -2.22. The minimum Gasteiger partial charge on any atom is -0.496 e. The summed E-state index contributed by atoms with van der Waals surface area (Å²) < 4.78 is 29.6. The lowest BCUT2D eigenvalue weighted by Crippen LogP contribution is -2.27. The first-order valence-electron chi connectivity index (χ1n) is 5.19. The number of alkyl halides is 1. The van der Waals surface area contributed by atoms with E-state index in [-0.39, 0.29) is 6.54 Å². The molecular formula is C12H18FNO3. The molecule has 17 heavy (non-hydrogen) atoms. The minimum absolute atomic E-state index is 0.140. The molecule has 1 aromatic rings. The second-order valence-corrected chi connectivity index (χ2v) is 3.81. The maximum atomic E-state index is 14.2. The smallest absolute Gasteiger partial charge is 0.164 e. The van der Waals surface area contributed by atoms with E-state index in [2.05, 4.69) is 0 Å². The van der Waals surface area contributed by atoms with E-state index >= 15 is 0 Å². The highest BCUT2D eigenvalue weighted by Gasteiger charge is 2.29. The van der Waals surface area contributed by atoms with Crippen LogP contribution >= 0.6 is 0 Å². The Morgan fingerprint density at radius 2 is 1.53 bits per heavy atom. The molecule has 0 aliphatic carbocycles. The first-order valence-corrected chi connectivity index (χ1v) is 5.19. The van der Waals surface area contributed by atoms with E-state index in [1.165, 1.54) is 28.3 Å². The van der Waals surface area contributed by atoms with Gasteiger partial charge >= 0.3 is 0 Å². The second-order valence-electron chi connectivity index (χ2n) is 3.81. The van der Waals surface area contributed by atoms with Crippen molar-refractivity contribution in [2.45, 2.75) is 12.6 Å². The van der Waals surface area contributed by atoms with Crippen molar-refractivity contribution in [1.82, 2.24) is 0 Å². The van der Waals surface area contributed by atoms with E-state index in [0.29, 0.717) is 22.8 Å². The third-order valence-electron chi connectivity index (χ3n) is 2.65. The molecule has 0 saturated carbocycles. The first-order chi connectivity index (χ1) is 8.00. The van der Waals surface area contributed by atoms with Gasteiger partial charge in [0, 0.05) is 18.2 Å². The highest BCUT2D eigenvalue weighted by atomic mass is 19.1. The van der Waals surface area contributed by atoms with Crippen LogP contribution in [-0.2, 0) is 5.67 Å². The van der Waals surface area contributed by atoms with Gasteiger partial charge in [0.1, 0.15) is 11.4 Å². The number of halogens is 1. The largest absolute Gasteiger partial charge is 0.496 e. The van der Waals surface area contributed by atoms with Crippen LogP contribution in [0.3, 0.4) is 0 Å². The van der Waals surface area contributed by atoms with Crippen molar-refractivity contribution >= 4 is 0 Å². The third kappa shape index (κ3) is 2.61. The summed E-state index contributed by atoms with van der Waals surface area (Å²) in [5, 5.41) is 0. The van der Waals surface area contributed by atoms with Crippen molar-refractivity contribution in [3.05, 3.63) is 17.7 Å². The average Bonchev–Trinajstić information content (AvgIpc) is 2.36. The van der Waals surface area contributed by atoms with Crippen molar-refractivity contribution in [1.29, 1.82) is 0 Å². The number of methoxy groups -OCH3 is 3. The number of nitrogens with two attached hydrogens (primary N) is 1. The molecule has 2 N–H and O–H groups in total. The van der Waals surface area contributed by atoms with Crippen LogP contribution in [0, 0.1) is 0 Å². The molecular weight excluding hydrogens is 225 g/mol. The van der Waals surface area contributed by atoms with E-state index in [0.717, 1.165) is 0 Å². The van der Waals surface area contributed by atoms with Gasteiger partial charge in [-0.15, -0.1) is 0 Å². The highest BCUT2D eigenvalue weighted by Crippen LogP contribution is 2.40. The zero-order chi connectivity index (χ0) is 13.1. The molecule has 0 fully saturated rings. The van der Waals surface area contributed by atoms with Gasteiger partial charge in [-0.05, 0) is 13.0 Å². The Bertz CT molecular complexity index is 394. The molecule has 0 spiro atoms. The zero-order valence-electron chi connectivity index (χ0n) is 10.5. The van der Waals surface area contributed by atoms with E-state index in [1.54, 1.807) is 12.1 Å². The average molecular weight is 243 g/mol. The first kappa shape index (κ1) is 13.6. The maximum absolute atomic E-state index is 14.2. The SMILES string of the molecule is COc1cc(OC)c(C(C)(F)CN)cc1OC. The van der Waals surface area contributed by atoms with Crippen LogP contribution in [0.4, 0.5) is 4.39 Å². The van der Waals surface area contributed by atoms with Crippen LogP contribution < -0.4 is 19.9 Å². The highest BCUT2D eigenvalue weighted by molar-refractivity contribution is 5.52. The number of ether oxygens (including phenoxy) is 3. The summed E-state index contributed by atoms with van der Waals surface area (Å²) >= 11 is 0. The normalized spacial score (nSPS) is 14.0. The Morgan fingerprint density at radius 1 is 1.06 bits per heavy atom. The van der Waals surface area contributed by atoms with Gasteiger partial charge in [0.15, 0.2) is 11.5 Å². The Morgan fingerprint density at radius 3 is 1.94 bits per heavy atom. The molecule has 1 rings (SSSR count). The van der Waals surface area contributed by atoms with Crippen molar-refractivity contribution in [2.75, 3.05) is 27.9 Å². The number of benzene rings is 1. The predicted molar refractivity (Wildman–Crippen MR) is 63.6 cm³/mol.